The largest absolute Gasteiger partial charge is 0.368 e. The van der Waals surface area contributed by atoms with Crippen molar-refractivity contribution in [2.24, 2.45) is 5.73 Å². The minimum atomic E-state index is -0.226. The molecule has 2 aliphatic heterocycles. The molecule has 3 N–H and O–H groups in total. The van der Waals surface area contributed by atoms with Crippen LogP contribution in [0.5, 0.6) is 0 Å². The van der Waals surface area contributed by atoms with Crippen LogP contribution in [0.2, 0.25) is 0 Å². The first kappa shape index (κ1) is 16.7. The molecule has 2 heterocycles. The SMILES string of the molecule is CC(C)NC(CCN1CCC(N2CCCCC2)C1)C(N)=O. The Kier molecular flexibility index (Phi) is 6.45. The van der Waals surface area contributed by atoms with E-state index >= 15 is 0 Å². The summed E-state index contributed by atoms with van der Waals surface area (Å²) in [4.78, 5) is 16.6. The second kappa shape index (κ2) is 8.11. The second-order valence-electron chi connectivity index (χ2n) is 6.90. The number of nitrogens with two attached hydrogens (primary N) is 1. The molecule has 2 atom stereocenters. The van der Waals surface area contributed by atoms with Gasteiger partial charge in [0.25, 0.3) is 0 Å². The number of primary amides is 1. The molecular formula is C16H32N4O. The number of nitrogens with zero attached hydrogens (tertiary/aromatic N) is 2. The van der Waals surface area contributed by atoms with Gasteiger partial charge in [-0.1, -0.05) is 20.3 Å². The van der Waals surface area contributed by atoms with Crippen LogP contribution in [0, 0.1) is 0 Å². The summed E-state index contributed by atoms with van der Waals surface area (Å²) in [6.07, 6.45) is 6.21. The van der Waals surface area contributed by atoms with Gasteiger partial charge in [0, 0.05) is 25.2 Å². The van der Waals surface area contributed by atoms with Crippen molar-refractivity contribution in [2.75, 3.05) is 32.7 Å². The Morgan fingerprint density at radius 2 is 1.95 bits per heavy atom. The van der Waals surface area contributed by atoms with Gasteiger partial charge in [0.15, 0.2) is 0 Å². The molecule has 0 saturated carbocycles. The lowest BCUT2D eigenvalue weighted by atomic mass is 10.1. The fraction of sp³-hybridized carbons (Fsp3) is 0.938. The summed E-state index contributed by atoms with van der Waals surface area (Å²) >= 11 is 0. The van der Waals surface area contributed by atoms with E-state index in [-0.39, 0.29) is 11.9 Å². The first-order valence-corrected chi connectivity index (χ1v) is 8.58. The monoisotopic (exact) mass is 296 g/mol. The van der Waals surface area contributed by atoms with Crippen LogP contribution < -0.4 is 11.1 Å². The number of carbonyl (C=O) groups excluding carboxylic acids is 1. The summed E-state index contributed by atoms with van der Waals surface area (Å²) in [6.45, 7) is 9.95. The third-order valence-corrected chi connectivity index (χ3v) is 4.77. The lowest BCUT2D eigenvalue weighted by Crippen LogP contribution is -2.46. The van der Waals surface area contributed by atoms with E-state index in [4.69, 9.17) is 5.73 Å². The van der Waals surface area contributed by atoms with Crippen molar-refractivity contribution in [3.8, 4) is 0 Å². The molecule has 5 heteroatoms. The average Bonchev–Trinajstić information content (AvgIpc) is 2.92. The van der Waals surface area contributed by atoms with Crippen molar-refractivity contribution in [1.29, 1.82) is 0 Å². The third-order valence-electron chi connectivity index (χ3n) is 4.77. The van der Waals surface area contributed by atoms with E-state index in [0.717, 1.165) is 32.1 Å². The standard InChI is InChI=1S/C16H32N4O/c1-13(2)18-15(16(17)21)7-11-19-10-6-14(12-19)20-8-4-3-5-9-20/h13-15,18H,3-12H2,1-2H3,(H2,17,21). The Bertz CT molecular complexity index is 328. The molecule has 1 amide bonds. The Morgan fingerprint density at radius 3 is 2.57 bits per heavy atom. The molecule has 0 aromatic rings. The van der Waals surface area contributed by atoms with Gasteiger partial charge in [-0.05, 0) is 45.3 Å². The Hall–Kier alpha value is -0.650. The maximum absolute atomic E-state index is 11.5. The Balaban J connectivity index is 1.72. The second-order valence-corrected chi connectivity index (χ2v) is 6.90. The number of hydrogen-bond acceptors (Lipinski definition) is 4. The molecule has 2 aliphatic rings. The highest BCUT2D eigenvalue weighted by molar-refractivity contribution is 5.79. The molecule has 0 bridgehead atoms. The van der Waals surface area contributed by atoms with Gasteiger partial charge in [0.2, 0.25) is 5.91 Å². The predicted molar refractivity (Wildman–Crippen MR) is 86.1 cm³/mol. The van der Waals surface area contributed by atoms with Crippen LogP contribution in [-0.2, 0) is 4.79 Å². The van der Waals surface area contributed by atoms with Crippen molar-refractivity contribution in [2.45, 2.75) is 64.1 Å². The van der Waals surface area contributed by atoms with Crippen LogP contribution in [-0.4, -0.2) is 66.6 Å². The molecule has 0 aromatic carbocycles. The maximum Gasteiger partial charge on any atom is 0.234 e. The Morgan fingerprint density at radius 1 is 1.24 bits per heavy atom. The van der Waals surface area contributed by atoms with E-state index in [1.54, 1.807) is 0 Å². The summed E-state index contributed by atoms with van der Waals surface area (Å²) in [5.41, 5.74) is 5.49. The summed E-state index contributed by atoms with van der Waals surface area (Å²) in [6, 6.07) is 0.830. The van der Waals surface area contributed by atoms with E-state index in [9.17, 15) is 4.79 Å². The lowest BCUT2D eigenvalue weighted by molar-refractivity contribution is -0.120. The van der Waals surface area contributed by atoms with E-state index in [1.807, 2.05) is 0 Å². The fourth-order valence-electron chi connectivity index (χ4n) is 3.62. The number of amides is 1. The van der Waals surface area contributed by atoms with Gasteiger partial charge in [-0.3, -0.25) is 9.69 Å². The smallest absolute Gasteiger partial charge is 0.234 e. The van der Waals surface area contributed by atoms with Gasteiger partial charge < -0.3 is 16.0 Å². The normalized spacial score (nSPS) is 26.3. The molecule has 0 radical (unpaired) electrons. The highest BCUT2D eigenvalue weighted by Crippen LogP contribution is 2.20. The van der Waals surface area contributed by atoms with Gasteiger partial charge in [0.1, 0.15) is 0 Å². The summed E-state index contributed by atoms with van der Waals surface area (Å²) in [5, 5.41) is 3.27. The zero-order chi connectivity index (χ0) is 15.2. The highest BCUT2D eigenvalue weighted by Gasteiger charge is 2.29. The molecule has 2 fully saturated rings. The number of rotatable bonds is 7. The van der Waals surface area contributed by atoms with Gasteiger partial charge in [-0.25, -0.2) is 0 Å². The average molecular weight is 296 g/mol. The molecule has 0 aromatic heterocycles. The van der Waals surface area contributed by atoms with Gasteiger partial charge in [-0.2, -0.15) is 0 Å². The number of hydrogen-bond donors (Lipinski definition) is 2. The van der Waals surface area contributed by atoms with Crippen LogP contribution in [0.3, 0.4) is 0 Å². The Labute approximate surface area is 129 Å². The topological polar surface area (TPSA) is 61.6 Å². The maximum atomic E-state index is 11.5. The van der Waals surface area contributed by atoms with E-state index in [2.05, 4.69) is 29.0 Å². The van der Waals surface area contributed by atoms with Gasteiger partial charge in [-0.15, -0.1) is 0 Å². The minimum Gasteiger partial charge on any atom is -0.368 e. The van der Waals surface area contributed by atoms with Crippen molar-refractivity contribution >= 4 is 5.91 Å². The molecule has 21 heavy (non-hydrogen) atoms. The molecule has 2 unspecified atom stereocenters. The molecule has 0 aliphatic carbocycles. The summed E-state index contributed by atoms with van der Waals surface area (Å²) in [5.74, 6) is -0.226. The number of piperidine rings is 1. The van der Waals surface area contributed by atoms with Crippen LogP contribution in [0.15, 0.2) is 0 Å². The van der Waals surface area contributed by atoms with Crippen molar-refractivity contribution < 1.29 is 4.79 Å². The molecule has 122 valence electrons. The third kappa shape index (κ3) is 5.24. The van der Waals surface area contributed by atoms with E-state index in [1.165, 1.54) is 38.8 Å². The first-order chi connectivity index (χ1) is 10.1. The molecule has 2 saturated heterocycles. The van der Waals surface area contributed by atoms with Gasteiger partial charge in [0.05, 0.1) is 6.04 Å². The van der Waals surface area contributed by atoms with Gasteiger partial charge >= 0.3 is 0 Å². The number of nitrogens with one attached hydrogen (secondary N) is 1. The highest BCUT2D eigenvalue weighted by atomic mass is 16.1. The summed E-state index contributed by atoms with van der Waals surface area (Å²) in [7, 11) is 0. The van der Waals surface area contributed by atoms with E-state index < -0.39 is 0 Å². The van der Waals surface area contributed by atoms with Crippen LogP contribution in [0.1, 0.15) is 46.0 Å². The fourth-order valence-corrected chi connectivity index (χ4v) is 3.62. The zero-order valence-corrected chi connectivity index (χ0v) is 13.7. The summed E-state index contributed by atoms with van der Waals surface area (Å²) < 4.78 is 0. The van der Waals surface area contributed by atoms with Crippen LogP contribution in [0.25, 0.3) is 0 Å². The quantitative estimate of drug-likeness (QED) is 0.729. The number of likely N-dealkylation sites (tertiary alicyclic amines) is 2. The molecule has 2 rings (SSSR count). The number of carbonyl (C=O) groups is 1. The molecular weight excluding hydrogens is 264 g/mol. The van der Waals surface area contributed by atoms with Crippen molar-refractivity contribution in [1.82, 2.24) is 15.1 Å². The van der Waals surface area contributed by atoms with Crippen LogP contribution >= 0.6 is 0 Å². The van der Waals surface area contributed by atoms with E-state index in [0.29, 0.717) is 6.04 Å². The van der Waals surface area contributed by atoms with Crippen molar-refractivity contribution in [3.63, 3.8) is 0 Å². The molecule has 0 spiro atoms. The lowest BCUT2D eigenvalue weighted by Gasteiger charge is -2.32. The van der Waals surface area contributed by atoms with Crippen molar-refractivity contribution in [3.05, 3.63) is 0 Å². The van der Waals surface area contributed by atoms with Crippen LogP contribution in [0.4, 0.5) is 0 Å². The minimum absolute atomic E-state index is 0.195. The first-order valence-electron chi connectivity index (χ1n) is 8.58. The predicted octanol–water partition coefficient (Wildman–Crippen LogP) is 0.789. The molecule has 5 nitrogen and oxygen atoms in total. The zero-order valence-electron chi connectivity index (χ0n) is 13.7.